The number of hydrogen-bond donors (Lipinski definition) is 1. The van der Waals surface area contributed by atoms with Crippen LogP contribution in [0.3, 0.4) is 0 Å². The molecule has 2 heterocycles. The van der Waals surface area contributed by atoms with Crippen molar-refractivity contribution in [2.24, 2.45) is 0 Å². The fourth-order valence-electron chi connectivity index (χ4n) is 3.08. The van der Waals surface area contributed by atoms with Crippen LogP contribution in [0.5, 0.6) is 0 Å². The molecule has 1 amide bonds. The molecule has 1 saturated heterocycles. The molecule has 0 bridgehead atoms. The van der Waals surface area contributed by atoms with E-state index in [1.807, 2.05) is 18.2 Å². The lowest BCUT2D eigenvalue weighted by Gasteiger charge is -2.17. The molecule has 0 spiro atoms. The zero-order valence-electron chi connectivity index (χ0n) is 14.2. The van der Waals surface area contributed by atoms with Crippen molar-refractivity contribution >= 4 is 11.7 Å². The maximum atomic E-state index is 12.8. The van der Waals surface area contributed by atoms with Crippen molar-refractivity contribution in [1.82, 2.24) is 9.88 Å². The number of anilines is 1. The van der Waals surface area contributed by atoms with Crippen molar-refractivity contribution in [3.05, 3.63) is 59.8 Å². The third-order valence-electron chi connectivity index (χ3n) is 4.44. The first-order valence-corrected chi connectivity index (χ1v) is 8.56. The molecule has 1 fully saturated rings. The Morgan fingerprint density at radius 1 is 1.19 bits per heavy atom. The van der Waals surface area contributed by atoms with Gasteiger partial charge in [0.1, 0.15) is 11.9 Å². The molecule has 4 nitrogen and oxygen atoms in total. The number of alkyl halides is 3. The van der Waals surface area contributed by atoms with Crippen LogP contribution >= 0.6 is 0 Å². The predicted molar refractivity (Wildman–Crippen MR) is 92.6 cm³/mol. The van der Waals surface area contributed by atoms with E-state index in [2.05, 4.69) is 22.4 Å². The number of rotatable bonds is 6. The van der Waals surface area contributed by atoms with Crippen molar-refractivity contribution < 1.29 is 18.0 Å². The first kappa shape index (κ1) is 18.2. The third-order valence-corrected chi connectivity index (χ3v) is 4.44. The number of aryl methyl sites for hydroxylation is 1. The molecule has 1 N–H and O–H groups in total. The minimum Gasteiger partial charge on any atom is -0.358 e. The highest BCUT2D eigenvalue weighted by Gasteiger charge is 2.33. The molecule has 7 heteroatoms. The number of likely N-dealkylation sites (tertiary alicyclic amines) is 1. The van der Waals surface area contributed by atoms with Crippen molar-refractivity contribution in [3.63, 3.8) is 0 Å². The highest BCUT2D eigenvalue weighted by Crippen LogP contribution is 2.30. The van der Waals surface area contributed by atoms with Gasteiger partial charge in [0.2, 0.25) is 5.91 Å². The van der Waals surface area contributed by atoms with Crippen LogP contribution in [0, 0.1) is 0 Å². The van der Waals surface area contributed by atoms with E-state index in [1.165, 1.54) is 5.56 Å². The van der Waals surface area contributed by atoms with Gasteiger partial charge in [0.05, 0.1) is 5.56 Å². The van der Waals surface area contributed by atoms with Gasteiger partial charge in [-0.05, 0) is 37.0 Å². The molecular formula is C19H20F3N3O. The Kier molecular flexibility index (Phi) is 5.44. The summed E-state index contributed by atoms with van der Waals surface area (Å²) < 4.78 is 38.3. The molecule has 1 aliphatic heterocycles. The van der Waals surface area contributed by atoms with E-state index in [0.29, 0.717) is 19.5 Å². The normalized spacial score (nSPS) is 17.6. The van der Waals surface area contributed by atoms with Crippen LogP contribution in [0.1, 0.15) is 24.0 Å². The number of carbonyl (C=O) groups excluding carboxylic acids is 1. The maximum absolute atomic E-state index is 12.8. The first-order valence-electron chi connectivity index (χ1n) is 8.56. The number of pyridine rings is 1. The van der Waals surface area contributed by atoms with E-state index in [0.717, 1.165) is 31.2 Å². The monoisotopic (exact) mass is 363 g/mol. The summed E-state index contributed by atoms with van der Waals surface area (Å²) >= 11 is 0. The lowest BCUT2D eigenvalue weighted by Crippen LogP contribution is -2.34. The van der Waals surface area contributed by atoms with E-state index in [4.69, 9.17) is 0 Å². The SMILES string of the molecule is O=C1C(Nc2cc(C(F)(F)F)ccn2)CCN1CCCc1ccccc1. The summed E-state index contributed by atoms with van der Waals surface area (Å²) in [5.41, 5.74) is 0.446. The molecule has 3 rings (SSSR count). The second-order valence-electron chi connectivity index (χ2n) is 6.33. The Morgan fingerprint density at radius 3 is 2.69 bits per heavy atom. The van der Waals surface area contributed by atoms with Crippen molar-refractivity contribution in [3.8, 4) is 0 Å². The van der Waals surface area contributed by atoms with Gasteiger partial charge < -0.3 is 10.2 Å². The Balaban J connectivity index is 1.53. The van der Waals surface area contributed by atoms with Gasteiger partial charge in [-0.1, -0.05) is 30.3 Å². The topological polar surface area (TPSA) is 45.2 Å². The van der Waals surface area contributed by atoms with Crippen molar-refractivity contribution in [2.75, 3.05) is 18.4 Å². The summed E-state index contributed by atoms with van der Waals surface area (Å²) in [6, 6.07) is 11.4. The fourth-order valence-corrected chi connectivity index (χ4v) is 3.08. The van der Waals surface area contributed by atoms with Crippen LogP contribution in [0.25, 0.3) is 0 Å². The number of hydrogen-bond acceptors (Lipinski definition) is 3. The summed E-state index contributed by atoms with van der Waals surface area (Å²) in [4.78, 5) is 18.1. The largest absolute Gasteiger partial charge is 0.416 e. The molecule has 1 unspecified atom stereocenters. The lowest BCUT2D eigenvalue weighted by molar-refractivity contribution is -0.137. The summed E-state index contributed by atoms with van der Waals surface area (Å²) in [7, 11) is 0. The van der Waals surface area contributed by atoms with Gasteiger partial charge in [0.25, 0.3) is 0 Å². The summed E-state index contributed by atoms with van der Waals surface area (Å²) in [5.74, 6) is -0.0124. The van der Waals surface area contributed by atoms with Crippen LogP contribution in [-0.2, 0) is 17.4 Å². The second kappa shape index (κ2) is 7.76. The molecule has 1 aliphatic rings. The number of carbonyl (C=O) groups is 1. The van der Waals surface area contributed by atoms with Gasteiger partial charge in [-0.25, -0.2) is 4.98 Å². The van der Waals surface area contributed by atoms with Crippen LogP contribution in [0.2, 0.25) is 0 Å². The zero-order valence-corrected chi connectivity index (χ0v) is 14.2. The van der Waals surface area contributed by atoms with E-state index in [1.54, 1.807) is 4.90 Å². The standard InChI is InChI=1S/C19H20F3N3O/c20-19(21,22)15-8-10-23-17(13-15)24-16-9-12-25(18(16)26)11-4-7-14-5-2-1-3-6-14/h1-3,5-6,8,10,13,16H,4,7,9,11-12H2,(H,23,24). The number of aromatic nitrogens is 1. The molecule has 1 atom stereocenters. The van der Waals surface area contributed by atoms with Crippen LogP contribution in [0.15, 0.2) is 48.7 Å². The maximum Gasteiger partial charge on any atom is 0.416 e. The van der Waals surface area contributed by atoms with Crippen molar-refractivity contribution in [1.29, 1.82) is 0 Å². The van der Waals surface area contributed by atoms with Crippen LogP contribution in [-0.4, -0.2) is 34.9 Å². The average molecular weight is 363 g/mol. The average Bonchev–Trinajstić information content (AvgIpc) is 2.96. The van der Waals surface area contributed by atoms with Crippen molar-refractivity contribution in [2.45, 2.75) is 31.5 Å². The van der Waals surface area contributed by atoms with Crippen LogP contribution in [0.4, 0.5) is 19.0 Å². The molecule has 0 aliphatic carbocycles. The van der Waals surface area contributed by atoms with Gasteiger partial charge in [-0.15, -0.1) is 0 Å². The zero-order chi connectivity index (χ0) is 18.6. The van der Waals surface area contributed by atoms with Gasteiger partial charge in [-0.2, -0.15) is 13.2 Å². The molecule has 0 radical (unpaired) electrons. The number of nitrogens with one attached hydrogen (secondary N) is 1. The number of halogens is 3. The Morgan fingerprint density at radius 2 is 1.96 bits per heavy atom. The highest BCUT2D eigenvalue weighted by molar-refractivity contribution is 5.86. The van der Waals surface area contributed by atoms with E-state index in [-0.39, 0.29) is 11.7 Å². The van der Waals surface area contributed by atoms with Gasteiger partial charge in [0.15, 0.2) is 0 Å². The van der Waals surface area contributed by atoms with Gasteiger partial charge in [-0.3, -0.25) is 4.79 Å². The van der Waals surface area contributed by atoms with Gasteiger partial charge >= 0.3 is 6.18 Å². The molecule has 138 valence electrons. The third kappa shape index (κ3) is 4.53. The predicted octanol–water partition coefficient (Wildman–Crippen LogP) is 3.75. The highest BCUT2D eigenvalue weighted by atomic mass is 19.4. The van der Waals surface area contributed by atoms with Crippen LogP contribution < -0.4 is 5.32 Å². The Hall–Kier alpha value is -2.57. The second-order valence-corrected chi connectivity index (χ2v) is 6.33. The van der Waals surface area contributed by atoms with E-state index < -0.39 is 17.8 Å². The quantitative estimate of drug-likeness (QED) is 0.850. The molecule has 1 aromatic heterocycles. The smallest absolute Gasteiger partial charge is 0.358 e. The molecular weight excluding hydrogens is 343 g/mol. The molecule has 0 saturated carbocycles. The van der Waals surface area contributed by atoms with E-state index in [9.17, 15) is 18.0 Å². The summed E-state index contributed by atoms with van der Waals surface area (Å²) in [5, 5.41) is 2.84. The first-order chi connectivity index (χ1) is 12.4. The van der Waals surface area contributed by atoms with Gasteiger partial charge in [0, 0.05) is 19.3 Å². The number of amides is 1. The number of nitrogens with zero attached hydrogens (tertiary/aromatic N) is 2. The van der Waals surface area contributed by atoms with E-state index >= 15 is 0 Å². The number of benzene rings is 1. The fraction of sp³-hybridized carbons (Fsp3) is 0.368. The molecule has 1 aromatic carbocycles. The Bertz CT molecular complexity index is 749. The molecule has 2 aromatic rings. The minimum atomic E-state index is -4.43. The summed E-state index contributed by atoms with van der Waals surface area (Å²) in [6.07, 6.45) is -1.03. The Labute approximate surface area is 150 Å². The molecule has 26 heavy (non-hydrogen) atoms. The summed E-state index contributed by atoms with van der Waals surface area (Å²) in [6.45, 7) is 1.24. The minimum absolute atomic E-state index is 0.0734. The lowest BCUT2D eigenvalue weighted by atomic mass is 10.1.